The second-order valence-electron chi connectivity index (χ2n) is 9.13. The highest BCUT2D eigenvalue weighted by atomic mass is 35.5. The number of nitrogens with zero attached hydrogens (tertiary/aromatic N) is 3. The van der Waals surface area contributed by atoms with Gasteiger partial charge in [0, 0.05) is 40.4 Å². The van der Waals surface area contributed by atoms with E-state index >= 15 is 0 Å². The van der Waals surface area contributed by atoms with E-state index in [9.17, 15) is 0 Å². The maximum atomic E-state index is 6.36. The van der Waals surface area contributed by atoms with Crippen molar-refractivity contribution in [3.63, 3.8) is 0 Å². The number of halogens is 1. The fourth-order valence-electron chi connectivity index (χ4n) is 5.26. The van der Waals surface area contributed by atoms with E-state index in [-0.39, 0.29) is 12.1 Å². The van der Waals surface area contributed by atoms with Crippen LogP contribution in [-0.2, 0) is 6.54 Å². The van der Waals surface area contributed by atoms with Crippen molar-refractivity contribution >= 4 is 28.9 Å². The van der Waals surface area contributed by atoms with Gasteiger partial charge in [-0.3, -0.25) is 4.98 Å². The molecule has 1 N–H and O–H groups in total. The number of benzene rings is 2. The molecule has 1 saturated heterocycles. The van der Waals surface area contributed by atoms with Crippen molar-refractivity contribution in [2.45, 2.75) is 39.4 Å². The Hall–Kier alpha value is -3.35. The van der Waals surface area contributed by atoms with Crippen molar-refractivity contribution < 1.29 is 4.74 Å². The predicted molar refractivity (Wildman–Crippen MR) is 149 cm³/mol. The van der Waals surface area contributed by atoms with E-state index in [1.54, 1.807) is 7.11 Å². The summed E-state index contributed by atoms with van der Waals surface area (Å²) in [5.41, 5.74) is 8.03. The van der Waals surface area contributed by atoms with Crippen LogP contribution in [-0.4, -0.2) is 26.7 Å². The maximum Gasteiger partial charge on any atom is 0.170 e. The molecule has 5 rings (SSSR count). The molecule has 0 aliphatic carbocycles. The largest absolute Gasteiger partial charge is 0.497 e. The van der Waals surface area contributed by atoms with Gasteiger partial charge in [-0.25, -0.2) is 0 Å². The molecule has 2 atom stereocenters. The van der Waals surface area contributed by atoms with E-state index in [1.165, 1.54) is 22.5 Å². The molecule has 0 spiro atoms. The van der Waals surface area contributed by atoms with Crippen LogP contribution < -0.4 is 10.1 Å². The third kappa shape index (κ3) is 4.36. The summed E-state index contributed by atoms with van der Waals surface area (Å²) in [5, 5.41) is 5.02. The van der Waals surface area contributed by atoms with Gasteiger partial charge in [0.05, 0.1) is 24.9 Å². The van der Waals surface area contributed by atoms with Crippen LogP contribution in [0.2, 0.25) is 5.02 Å². The number of hydrogen-bond acceptors (Lipinski definition) is 3. The Balaban J connectivity index is 1.64. The molecular weight excluding hydrogens is 488 g/mol. The van der Waals surface area contributed by atoms with Crippen LogP contribution in [0.1, 0.15) is 45.9 Å². The Morgan fingerprint density at radius 2 is 1.78 bits per heavy atom. The molecule has 0 unspecified atom stereocenters. The molecule has 1 fully saturated rings. The third-order valence-electron chi connectivity index (χ3n) is 7.08. The number of ether oxygens (including phenoxy) is 1. The standard InChI is InChI=1S/C29H29ClN4OS/c1-18-19(2)34(23-9-7-8-22(30)16-23)20(3)26(18)28-27(25-10-5-6-15-31-25)32-29(36)33(28)17-21-11-13-24(35-4)14-12-21/h5-16,27-28H,17H2,1-4H3,(H,32,36)/t27-,28+/m1/s1. The zero-order valence-electron chi connectivity index (χ0n) is 20.8. The van der Waals surface area contributed by atoms with Gasteiger partial charge >= 0.3 is 0 Å². The molecule has 1 aliphatic heterocycles. The molecule has 0 radical (unpaired) electrons. The second-order valence-corrected chi connectivity index (χ2v) is 9.95. The fourth-order valence-corrected chi connectivity index (χ4v) is 5.75. The summed E-state index contributed by atoms with van der Waals surface area (Å²) < 4.78 is 7.64. The second kappa shape index (κ2) is 9.96. The molecule has 0 bridgehead atoms. The Kier molecular flexibility index (Phi) is 6.73. The van der Waals surface area contributed by atoms with E-state index in [2.05, 4.69) is 59.8 Å². The van der Waals surface area contributed by atoms with Crippen molar-refractivity contribution in [2.24, 2.45) is 0 Å². The summed E-state index contributed by atoms with van der Waals surface area (Å²) in [4.78, 5) is 6.99. The molecule has 5 nitrogen and oxygen atoms in total. The molecule has 0 saturated carbocycles. The Morgan fingerprint density at radius 3 is 2.44 bits per heavy atom. The normalized spacial score (nSPS) is 17.4. The van der Waals surface area contributed by atoms with Gasteiger partial charge in [-0.15, -0.1) is 0 Å². The minimum absolute atomic E-state index is 0.0337. The summed E-state index contributed by atoms with van der Waals surface area (Å²) in [7, 11) is 1.68. The van der Waals surface area contributed by atoms with Gasteiger partial charge in [0.1, 0.15) is 5.75 Å². The quantitative estimate of drug-likeness (QED) is 0.291. The molecule has 2 aromatic carbocycles. The van der Waals surface area contributed by atoms with Crippen LogP contribution in [0.15, 0.2) is 72.9 Å². The molecular formula is C29H29ClN4OS. The first kappa shape index (κ1) is 24.3. The van der Waals surface area contributed by atoms with E-state index in [0.717, 1.165) is 32.8 Å². The lowest BCUT2D eigenvalue weighted by Gasteiger charge is -2.29. The van der Waals surface area contributed by atoms with Crippen LogP contribution in [0.3, 0.4) is 0 Å². The zero-order valence-corrected chi connectivity index (χ0v) is 22.4. The van der Waals surface area contributed by atoms with Crippen LogP contribution in [0.4, 0.5) is 0 Å². The molecule has 36 heavy (non-hydrogen) atoms. The van der Waals surface area contributed by atoms with E-state index in [1.807, 2.05) is 48.7 Å². The predicted octanol–water partition coefficient (Wildman–Crippen LogP) is 6.63. The summed E-state index contributed by atoms with van der Waals surface area (Å²) >= 11 is 12.3. The van der Waals surface area contributed by atoms with Gasteiger partial charge < -0.3 is 19.5 Å². The number of hydrogen-bond donors (Lipinski definition) is 1. The van der Waals surface area contributed by atoms with E-state index in [4.69, 9.17) is 33.5 Å². The topological polar surface area (TPSA) is 42.3 Å². The minimum Gasteiger partial charge on any atom is -0.497 e. The van der Waals surface area contributed by atoms with Gasteiger partial charge in [-0.2, -0.15) is 0 Å². The van der Waals surface area contributed by atoms with Crippen LogP contribution in [0, 0.1) is 20.8 Å². The van der Waals surface area contributed by atoms with Crippen LogP contribution in [0.5, 0.6) is 5.75 Å². The fraction of sp³-hybridized carbons (Fsp3) is 0.241. The van der Waals surface area contributed by atoms with Crippen molar-refractivity contribution in [3.05, 3.63) is 112 Å². The van der Waals surface area contributed by atoms with Crippen molar-refractivity contribution in [2.75, 3.05) is 7.11 Å². The van der Waals surface area contributed by atoms with Gasteiger partial charge in [0.15, 0.2) is 5.11 Å². The molecule has 4 aromatic rings. The first-order valence-corrected chi connectivity index (χ1v) is 12.7. The molecule has 7 heteroatoms. The van der Waals surface area contributed by atoms with Gasteiger partial charge in [-0.1, -0.05) is 35.9 Å². The number of thiocarbonyl (C=S) groups is 1. The average Bonchev–Trinajstić information content (AvgIpc) is 3.31. The van der Waals surface area contributed by atoms with Crippen LogP contribution >= 0.6 is 23.8 Å². The zero-order chi connectivity index (χ0) is 25.4. The first-order chi connectivity index (χ1) is 17.4. The lowest BCUT2D eigenvalue weighted by molar-refractivity contribution is 0.309. The SMILES string of the molecule is COc1ccc(CN2C(=S)N[C@H](c3ccccn3)[C@@H]2c2c(C)c(C)n(-c3cccc(Cl)c3)c2C)cc1. The number of pyridine rings is 1. The maximum absolute atomic E-state index is 6.36. The molecule has 0 amide bonds. The summed E-state index contributed by atoms with van der Waals surface area (Å²) in [6.07, 6.45) is 1.84. The van der Waals surface area contributed by atoms with Crippen molar-refractivity contribution in [1.82, 2.24) is 19.8 Å². The highest BCUT2D eigenvalue weighted by Crippen LogP contribution is 2.44. The van der Waals surface area contributed by atoms with Crippen molar-refractivity contribution in [3.8, 4) is 11.4 Å². The highest BCUT2D eigenvalue weighted by molar-refractivity contribution is 7.80. The monoisotopic (exact) mass is 516 g/mol. The Labute approximate surface area is 222 Å². The Morgan fingerprint density at radius 1 is 1.00 bits per heavy atom. The van der Waals surface area contributed by atoms with Gasteiger partial charge in [0.2, 0.25) is 0 Å². The average molecular weight is 517 g/mol. The minimum atomic E-state index is -0.0797. The number of aromatic nitrogens is 2. The summed E-state index contributed by atoms with van der Waals surface area (Å²) in [5.74, 6) is 0.838. The van der Waals surface area contributed by atoms with Crippen molar-refractivity contribution in [1.29, 1.82) is 0 Å². The lowest BCUT2D eigenvalue weighted by atomic mass is 9.93. The Bertz CT molecular complexity index is 1400. The molecule has 184 valence electrons. The first-order valence-electron chi connectivity index (χ1n) is 11.9. The van der Waals surface area contributed by atoms with Gasteiger partial charge in [0.25, 0.3) is 0 Å². The number of methoxy groups -OCH3 is 1. The van der Waals surface area contributed by atoms with Crippen LogP contribution in [0.25, 0.3) is 5.69 Å². The third-order valence-corrected chi connectivity index (χ3v) is 7.67. The number of rotatable bonds is 6. The van der Waals surface area contributed by atoms with Gasteiger partial charge in [-0.05, 0) is 86.6 Å². The molecule has 2 aromatic heterocycles. The highest BCUT2D eigenvalue weighted by Gasteiger charge is 2.42. The molecule has 1 aliphatic rings. The summed E-state index contributed by atoms with van der Waals surface area (Å²) in [6, 6.07) is 22.1. The molecule has 3 heterocycles. The summed E-state index contributed by atoms with van der Waals surface area (Å²) in [6.45, 7) is 7.21. The smallest absolute Gasteiger partial charge is 0.170 e. The number of nitrogens with one attached hydrogen (secondary N) is 1. The van der Waals surface area contributed by atoms with E-state index in [0.29, 0.717) is 6.54 Å². The van der Waals surface area contributed by atoms with E-state index < -0.39 is 0 Å². The lowest BCUT2D eigenvalue weighted by Crippen LogP contribution is -2.29.